The Morgan fingerprint density at radius 1 is 1.75 bits per heavy atom. The van der Waals surface area contributed by atoms with E-state index in [4.69, 9.17) is 0 Å². The maximum atomic E-state index is 2.26. The van der Waals surface area contributed by atoms with Gasteiger partial charge in [0.2, 0.25) is 0 Å². The molecule has 0 saturated carbocycles. The smallest absolute Gasteiger partial charge is 0.0159 e. The lowest BCUT2D eigenvalue weighted by Gasteiger charge is -2.00. The molecule has 1 aliphatic carbocycles. The van der Waals surface area contributed by atoms with Crippen molar-refractivity contribution in [2.75, 3.05) is 0 Å². The van der Waals surface area contributed by atoms with Gasteiger partial charge in [0.1, 0.15) is 0 Å². The normalized spacial score (nSPS) is 32.2. The molecule has 0 bridgehead atoms. The lowest BCUT2D eigenvalue weighted by Crippen LogP contribution is -1.86. The summed E-state index contributed by atoms with van der Waals surface area (Å²) in [5, 5.41) is 0. The Labute approximate surface area is 50.9 Å². The van der Waals surface area contributed by atoms with Gasteiger partial charge in [-0.3, -0.25) is 0 Å². The van der Waals surface area contributed by atoms with Gasteiger partial charge >= 0.3 is 0 Å². The monoisotopic (exact) mass is 108 g/mol. The third-order valence-electron chi connectivity index (χ3n) is 1.70. The summed E-state index contributed by atoms with van der Waals surface area (Å²) in [7, 11) is 0. The van der Waals surface area contributed by atoms with Crippen LogP contribution in [0.2, 0.25) is 0 Å². The Morgan fingerprint density at radius 3 is 2.75 bits per heavy atom. The summed E-state index contributed by atoms with van der Waals surface area (Å²) in [6.07, 6.45) is 7.87. The van der Waals surface area contributed by atoms with Crippen LogP contribution in [-0.4, -0.2) is 0 Å². The van der Waals surface area contributed by atoms with Crippen LogP contribution in [0.5, 0.6) is 0 Å². The molecule has 1 unspecified atom stereocenters. The first-order valence-corrected chi connectivity index (χ1v) is 3.17. The van der Waals surface area contributed by atoms with Gasteiger partial charge in [-0.05, 0) is 24.8 Å². The second kappa shape index (κ2) is 2.17. The number of allylic oxidation sites excluding steroid dienone is 4. The molecule has 0 aromatic rings. The van der Waals surface area contributed by atoms with Crippen molar-refractivity contribution >= 4 is 0 Å². The molecule has 0 spiro atoms. The van der Waals surface area contributed by atoms with Crippen molar-refractivity contribution < 1.29 is 0 Å². The first-order valence-electron chi connectivity index (χ1n) is 3.17. The molecule has 0 fully saturated rings. The highest BCUT2D eigenvalue weighted by Gasteiger charge is 2.07. The Balaban J connectivity index is 2.67. The minimum Gasteiger partial charge on any atom is -0.0842 e. The average Bonchev–Trinajstić information content (AvgIpc) is 2.14. The SMILES string of the molecule is C/C=C1\C=CCC1C. The van der Waals surface area contributed by atoms with Gasteiger partial charge in [0.15, 0.2) is 0 Å². The van der Waals surface area contributed by atoms with Crippen molar-refractivity contribution in [2.45, 2.75) is 20.3 Å². The molecule has 0 N–H and O–H groups in total. The highest BCUT2D eigenvalue weighted by atomic mass is 14.1. The fourth-order valence-electron chi connectivity index (χ4n) is 1.09. The molecule has 0 heteroatoms. The number of hydrogen-bond acceptors (Lipinski definition) is 0. The van der Waals surface area contributed by atoms with Gasteiger partial charge in [-0.1, -0.05) is 25.2 Å². The van der Waals surface area contributed by atoms with Crippen molar-refractivity contribution in [3.05, 3.63) is 23.8 Å². The summed E-state index contributed by atoms with van der Waals surface area (Å²) < 4.78 is 0. The van der Waals surface area contributed by atoms with Gasteiger partial charge in [-0.2, -0.15) is 0 Å². The molecular formula is C8H12. The van der Waals surface area contributed by atoms with Crippen LogP contribution in [-0.2, 0) is 0 Å². The summed E-state index contributed by atoms with van der Waals surface area (Å²) in [6.45, 7) is 4.36. The molecule has 1 atom stereocenters. The van der Waals surface area contributed by atoms with Crippen LogP contribution in [0.4, 0.5) is 0 Å². The molecule has 0 amide bonds. The third-order valence-corrected chi connectivity index (χ3v) is 1.70. The predicted octanol–water partition coefficient (Wildman–Crippen LogP) is 2.53. The van der Waals surface area contributed by atoms with E-state index in [1.807, 2.05) is 0 Å². The average molecular weight is 108 g/mol. The van der Waals surface area contributed by atoms with E-state index >= 15 is 0 Å². The fraction of sp³-hybridized carbons (Fsp3) is 0.500. The maximum Gasteiger partial charge on any atom is -0.0159 e. The number of rotatable bonds is 0. The molecule has 0 nitrogen and oxygen atoms in total. The van der Waals surface area contributed by atoms with E-state index in [0.717, 1.165) is 5.92 Å². The van der Waals surface area contributed by atoms with Crippen LogP contribution >= 0.6 is 0 Å². The lowest BCUT2D eigenvalue weighted by molar-refractivity contribution is 0.741. The number of hydrogen-bond donors (Lipinski definition) is 0. The van der Waals surface area contributed by atoms with E-state index in [1.165, 1.54) is 12.0 Å². The molecule has 0 radical (unpaired) electrons. The molecule has 0 aliphatic heterocycles. The van der Waals surface area contributed by atoms with Crippen molar-refractivity contribution in [3.8, 4) is 0 Å². The summed E-state index contributed by atoms with van der Waals surface area (Å²) >= 11 is 0. The summed E-state index contributed by atoms with van der Waals surface area (Å²) in [6, 6.07) is 0. The molecule has 0 heterocycles. The van der Waals surface area contributed by atoms with E-state index in [0.29, 0.717) is 0 Å². The lowest BCUT2D eigenvalue weighted by atomic mass is 10.1. The zero-order valence-electron chi connectivity index (χ0n) is 5.52. The van der Waals surface area contributed by atoms with Crippen LogP contribution in [0.25, 0.3) is 0 Å². The van der Waals surface area contributed by atoms with E-state index in [9.17, 15) is 0 Å². The molecule has 0 aromatic heterocycles. The molecule has 8 heavy (non-hydrogen) atoms. The summed E-state index contributed by atoms with van der Waals surface area (Å²) in [5.41, 5.74) is 1.49. The molecule has 0 saturated heterocycles. The highest BCUT2D eigenvalue weighted by Crippen LogP contribution is 2.22. The Morgan fingerprint density at radius 2 is 2.50 bits per heavy atom. The van der Waals surface area contributed by atoms with Crippen molar-refractivity contribution in [3.63, 3.8) is 0 Å². The summed E-state index contributed by atoms with van der Waals surface area (Å²) in [4.78, 5) is 0. The largest absolute Gasteiger partial charge is 0.0842 e. The van der Waals surface area contributed by atoms with Crippen LogP contribution < -0.4 is 0 Å². The molecule has 44 valence electrons. The van der Waals surface area contributed by atoms with E-state index in [-0.39, 0.29) is 0 Å². The van der Waals surface area contributed by atoms with E-state index in [1.54, 1.807) is 0 Å². The highest BCUT2D eigenvalue weighted by molar-refractivity contribution is 5.26. The quantitative estimate of drug-likeness (QED) is 0.447. The van der Waals surface area contributed by atoms with Gasteiger partial charge in [0, 0.05) is 0 Å². The molecular weight excluding hydrogens is 96.1 g/mol. The molecule has 1 rings (SSSR count). The second-order valence-electron chi connectivity index (χ2n) is 2.33. The minimum atomic E-state index is 0.778. The first-order chi connectivity index (χ1) is 3.84. The van der Waals surface area contributed by atoms with Gasteiger partial charge in [0.25, 0.3) is 0 Å². The Bertz CT molecular complexity index is 129. The van der Waals surface area contributed by atoms with E-state index in [2.05, 4.69) is 32.1 Å². The fourth-order valence-corrected chi connectivity index (χ4v) is 1.09. The van der Waals surface area contributed by atoms with Crippen molar-refractivity contribution in [1.82, 2.24) is 0 Å². The van der Waals surface area contributed by atoms with Crippen LogP contribution in [0, 0.1) is 5.92 Å². The molecule has 1 aliphatic rings. The van der Waals surface area contributed by atoms with Crippen molar-refractivity contribution in [2.24, 2.45) is 5.92 Å². The van der Waals surface area contributed by atoms with Gasteiger partial charge in [-0.25, -0.2) is 0 Å². The zero-order chi connectivity index (χ0) is 5.98. The first kappa shape index (κ1) is 5.61. The second-order valence-corrected chi connectivity index (χ2v) is 2.33. The minimum absolute atomic E-state index is 0.778. The van der Waals surface area contributed by atoms with Crippen LogP contribution in [0.3, 0.4) is 0 Å². The topological polar surface area (TPSA) is 0 Å². The summed E-state index contributed by atoms with van der Waals surface area (Å²) in [5.74, 6) is 0.778. The Hall–Kier alpha value is -0.520. The van der Waals surface area contributed by atoms with Crippen molar-refractivity contribution in [1.29, 1.82) is 0 Å². The Kier molecular flexibility index (Phi) is 1.52. The van der Waals surface area contributed by atoms with Crippen LogP contribution in [0.1, 0.15) is 20.3 Å². The van der Waals surface area contributed by atoms with Gasteiger partial charge < -0.3 is 0 Å². The van der Waals surface area contributed by atoms with Crippen LogP contribution in [0.15, 0.2) is 23.8 Å². The molecule has 0 aromatic carbocycles. The van der Waals surface area contributed by atoms with Gasteiger partial charge in [0.05, 0.1) is 0 Å². The predicted molar refractivity (Wildman–Crippen MR) is 36.7 cm³/mol. The maximum absolute atomic E-state index is 2.26. The van der Waals surface area contributed by atoms with E-state index < -0.39 is 0 Å². The van der Waals surface area contributed by atoms with Gasteiger partial charge in [-0.15, -0.1) is 0 Å². The third kappa shape index (κ3) is 0.835. The standard InChI is InChI=1S/C8H12/c1-3-8-6-4-5-7(8)2/h3-4,6-7H,5H2,1-2H3/b8-3+. The zero-order valence-corrected chi connectivity index (χ0v) is 5.52.